The van der Waals surface area contributed by atoms with Crippen LogP contribution in [0.15, 0.2) is 30.3 Å². The molecule has 0 aliphatic carbocycles. The van der Waals surface area contributed by atoms with Gasteiger partial charge in [-0.2, -0.15) is 13.2 Å². The molecule has 1 atom stereocenters. The number of rotatable bonds is 4. The lowest BCUT2D eigenvalue weighted by molar-refractivity contribution is -0.143. The normalized spacial score (nSPS) is 14.7. The van der Waals surface area contributed by atoms with E-state index in [1.54, 1.807) is 7.05 Å². The SMILES string of the molecule is CNC(CC(F)(F)F)C(C)(C)c1ccccc1. The van der Waals surface area contributed by atoms with E-state index in [2.05, 4.69) is 5.32 Å². The quantitative estimate of drug-likeness (QED) is 0.856. The summed E-state index contributed by atoms with van der Waals surface area (Å²) in [5.74, 6) is 0. The summed E-state index contributed by atoms with van der Waals surface area (Å²) in [5, 5.41) is 2.78. The van der Waals surface area contributed by atoms with E-state index in [1.807, 2.05) is 44.2 Å². The van der Waals surface area contributed by atoms with Crippen LogP contribution in [-0.2, 0) is 5.41 Å². The Balaban J connectivity index is 2.94. The van der Waals surface area contributed by atoms with Gasteiger partial charge in [0.1, 0.15) is 0 Å². The van der Waals surface area contributed by atoms with E-state index in [0.29, 0.717) is 0 Å². The number of hydrogen-bond donors (Lipinski definition) is 1. The van der Waals surface area contributed by atoms with Crippen molar-refractivity contribution in [2.75, 3.05) is 7.05 Å². The van der Waals surface area contributed by atoms with Crippen LogP contribution in [0.2, 0.25) is 0 Å². The van der Waals surface area contributed by atoms with Gasteiger partial charge in [-0.3, -0.25) is 0 Å². The van der Waals surface area contributed by atoms with Gasteiger partial charge in [-0.25, -0.2) is 0 Å². The monoisotopic (exact) mass is 245 g/mol. The molecule has 0 saturated carbocycles. The van der Waals surface area contributed by atoms with Crippen molar-refractivity contribution in [1.29, 1.82) is 0 Å². The average Bonchev–Trinajstić information content (AvgIpc) is 2.25. The lowest BCUT2D eigenvalue weighted by Gasteiger charge is -2.35. The molecule has 1 unspecified atom stereocenters. The van der Waals surface area contributed by atoms with E-state index in [1.165, 1.54) is 0 Å². The first-order valence-corrected chi connectivity index (χ1v) is 5.57. The van der Waals surface area contributed by atoms with Crippen molar-refractivity contribution >= 4 is 0 Å². The first kappa shape index (κ1) is 14.0. The molecule has 4 heteroatoms. The predicted octanol–water partition coefficient (Wildman–Crippen LogP) is 3.50. The van der Waals surface area contributed by atoms with Crippen LogP contribution in [0.25, 0.3) is 0 Å². The molecule has 0 fully saturated rings. The maximum atomic E-state index is 12.5. The molecule has 96 valence electrons. The van der Waals surface area contributed by atoms with Crippen molar-refractivity contribution in [1.82, 2.24) is 5.32 Å². The lowest BCUT2D eigenvalue weighted by Crippen LogP contribution is -2.45. The summed E-state index contributed by atoms with van der Waals surface area (Å²) in [5.41, 5.74) is 0.342. The maximum Gasteiger partial charge on any atom is 0.390 e. The van der Waals surface area contributed by atoms with Gasteiger partial charge in [-0.15, -0.1) is 0 Å². The van der Waals surface area contributed by atoms with E-state index in [0.717, 1.165) is 5.56 Å². The third kappa shape index (κ3) is 3.73. The largest absolute Gasteiger partial charge is 0.390 e. The van der Waals surface area contributed by atoms with E-state index < -0.39 is 24.1 Å². The van der Waals surface area contributed by atoms with Crippen LogP contribution in [-0.4, -0.2) is 19.3 Å². The molecule has 1 aromatic rings. The molecule has 0 heterocycles. The zero-order valence-electron chi connectivity index (χ0n) is 10.3. The van der Waals surface area contributed by atoms with Gasteiger partial charge in [0.15, 0.2) is 0 Å². The second-order valence-electron chi connectivity index (χ2n) is 4.75. The summed E-state index contributed by atoms with van der Waals surface area (Å²) in [6.45, 7) is 3.66. The molecule has 0 aliphatic rings. The number of alkyl halides is 3. The fourth-order valence-electron chi connectivity index (χ4n) is 2.02. The minimum absolute atomic E-state index is 0.564. The fourth-order valence-corrected chi connectivity index (χ4v) is 2.02. The average molecular weight is 245 g/mol. The summed E-state index contributed by atoms with van der Waals surface area (Å²) >= 11 is 0. The van der Waals surface area contributed by atoms with E-state index in [4.69, 9.17) is 0 Å². The molecule has 0 spiro atoms. The summed E-state index contributed by atoms with van der Waals surface area (Å²) in [6, 6.07) is 8.64. The summed E-state index contributed by atoms with van der Waals surface area (Å²) in [7, 11) is 1.57. The van der Waals surface area contributed by atoms with Crippen molar-refractivity contribution in [3.8, 4) is 0 Å². The van der Waals surface area contributed by atoms with E-state index in [-0.39, 0.29) is 0 Å². The first-order valence-electron chi connectivity index (χ1n) is 5.57. The lowest BCUT2D eigenvalue weighted by atomic mass is 9.76. The Morgan fingerprint density at radius 3 is 2.06 bits per heavy atom. The Labute approximate surface area is 100 Å². The highest BCUT2D eigenvalue weighted by atomic mass is 19.4. The van der Waals surface area contributed by atoms with Crippen LogP contribution in [0.3, 0.4) is 0 Å². The number of nitrogens with one attached hydrogen (secondary N) is 1. The molecule has 17 heavy (non-hydrogen) atoms. The zero-order valence-corrected chi connectivity index (χ0v) is 10.3. The van der Waals surface area contributed by atoms with Gasteiger partial charge in [-0.1, -0.05) is 44.2 Å². The molecule has 1 N–H and O–H groups in total. The molecule has 1 nitrogen and oxygen atoms in total. The van der Waals surface area contributed by atoms with E-state index in [9.17, 15) is 13.2 Å². The number of hydrogen-bond acceptors (Lipinski definition) is 1. The standard InChI is InChI=1S/C13H18F3N/c1-12(2,10-7-5-4-6-8-10)11(17-3)9-13(14,15)16/h4-8,11,17H,9H2,1-3H3. The molecular formula is C13H18F3N. The predicted molar refractivity (Wildman–Crippen MR) is 63.0 cm³/mol. The topological polar surface area (TPSA) is 12.0 Å². The van der Waals surface area contributed by atoms with Crippen LogP contribution in [0.5, 0.6) is 0 Å². The summed E-state index contributed by atoms with van der Waals surface area (Å²) in [4.78, 5) is 0. The fraction of sp³-hybridized carbons (Fsp3) is 0.538. The van der Waals surface area contributed by atoms with Gasteiger partial charge >= 0.3 is 6.18 Å². The van der Waals surface area contributed by atoms with Gasteiger partial charge in [0.05, 0.1) is 6.42 Å². The molecule has 0 radical (unpaired) electrons. The zero-order chi connectivity index (χ0) is 13.1. The van der Waals surface area contributed by atoms with E-state index >= 15 is 0 Å². The van der Waals surface area contributed by atoms with Gasteiger partial charge in [-0.05, 0) is 12.6 Å². The maximum absolute atomic E-state index is 12.5. The van der Waals surface area contributed by atoms with Gasteiger partial charge in [0.25, 0.3) is 0 Å². The molecule has 0 bridgehead atoms. The molecule has 0 aromatic heterocycles. The third-order valence-corrected chi connectivity index (χ3v) is 3.17. The second-order valence-corrected chi connectivity index (χ2v) is 4.75. The van der Waals surface area contributed by atoms with Crippen LogP contribution < -0.4 is 5.32 Å². The Kier molecular flexibility index (Phi) is 4.20. The van der Waals surface area contributed by atoms with Gasteiger partial charge in [0, 0.05) is 11.5 Å². The summed E-state index contributed by atoms with van der Waals surface area (Å²) < 4.78 is 37.5. The first-order chi connectivity index (χ1) is 7.77. The molecule has 1 rings (SSSR count). The smallest absolute Gasteiger partial charge is 0.316 e. The third-order valence-electron chi connectivity index (χ3n) is 3.17. The van der Waals surface area contributed by atoms with Crippen LogP contribution in [0.4, 0.5) is 13.2 Å². The molecule has 0 saturated heterocycles. The van der Waals surface area contributed by atoms with Gasteiger partial charge < -0.3 is 5.32 Å². The Bertz CT molecular complexity index is 343. The highest BCUT2D eigenvalue weighted by Gasteiger charge is 2.39. The minimum atomic E-state index is -4.15. The van der Waals surface area contributed by atoms with Crippen LogP contribution >= 0.6 is 0 Å². The van der Waals surface area contributed by atoms with Crippen molar-refractivity contribution in [3.05, 3.63) is 35.9 Å². The Hall–Kier alpha value is -1.03. The molecule has 0 amide bonds. The highest BCUT2D eigenvalue weighted by Crippen LogP contribution is 2.33. The molecule has 0 aliphatic heterocycles. The number of benzene rings is 1. The number of halogens is 3. The molecule has 1 aromatic carbocycles. The summed E-state index contributed by atoms with van der Waals surface area (Å²) in [6.07, 6.45) is -4.98. The molecular weight excluding hydrogens is 227 g/mol. The van der Waals surface area contributed by atoms with Gasteiger partial charge in [0.2, 0.25) is 0 Å². The van der Waals surface area contributed by atoms with Crippen LogP contribution in [0, 0.1) is 0 Å². The Morgan fingerprint density at radius 2 is 1.65 bits per heavy atom. The minimum Gasteiger partial charge on any atom is -0.316 e. The second kappa shape index (κ2) is 5.08. The van der Waals surface area contributed by atoms with Crippen molar-refractivity contribution in [3.63, 3.8) is 0 Å². The van der Waals surface area contributed by atoms with Crippen molar-refractivity contribution in [2.24, 2.45) is 0 Å². The Morgan fingerprint density at radius 1 is 1.12 bits per heavy atom. The number of likely N-dealkylation sites (N-methyl/N-ethyl adjacent to an activating group) is 1. The van der Waals surface area contributed by atoms with Crippen molar-refractivity contribution in [2.45, 2.75) is 37.9 Å². The highest BCUT2D eigenvalue weighted by molar-refractivity contribution is 5.25. The van der Waals surface area contributed by atoms with Crippen LogP contribution in [0.1, 0.15) is 25.8 Å². The van der Waals surface area contributed by atoms with Crippen molar-refractivity contribution < 1.29 is 13.2 Å².